The van der Waals surface area contributed by atoms with Gasteiger partial charge in [-0.25, -0.2) is 8.78 Å². The van der Waals surface area contributed by atoms with E-state index in [1.54, 1.807) is 0 Å². The Balaban J connectivity index is 2.93. The van der Waals surface area contributed by atoms with Gasteiger partial charge in [-0.2, -0.15) is 18.3 Å². The van der Waals surface area contributed by atoms with E-state index in [1.807, 2.05) is 19.2 Å². The highest BCUT2D eigenvalue weighted by Gasteiger charge is 2.50. The Kier molecular flexibility index (Phi) is 5.73. The Morgan fingerprint density at radius 1 is 1.39 bits per heavy atom. The highest BCUT2D eigenvalue weighted by molar-refractivity contribution is 5.95. The van der Waals surface area contributed by atoms with Crippen molar-refractivity contribution in [3.8, 4) is 0 Å². The van der Waals surface area contributed by atoms with Crippen LogP contribution < -0.4 is 5.32 Å². The Morgan fingerprint density at radius 3 is 2.39 bits per heavy atom. The third-order valence-corrected chi connectivity index (χ3v) is 3.00. The lowest BCUT2D eigenvalue weighted by Crippen LogP contribution is -2.51. The van der Waals surface area contributed by atoms with Gasteiger partial charge in [0.1, 0.15) is 5.69 Å². The molecule has 0 aliphatic carbocycles. The summed E-state index contributed by atoms with van der Waals surface area (Å²) in [6.45, 7) is 3.21. The minimum Gasteiger partial charge on any atom is -0.379 e. The summed E-state index contributed by atoms with van der Waals surface area (Å²) in [4.78, 5) is 11.9. The van der Waals surface area contributed by atoms with Crippen LogP contribution in [0.5, 0.6) is 0 Å². The van der Waals surface area contributed by atoms with Crippen LogP contribution in [0.4, 0.5) is 22.0 Å². The van der Waals surface area contributed by atoms with Gasteiger partial charge in [0, 0.05) is 12.7 Å². The Labute approximate surface area is 129 Å². The molecule has 0 radical (unpaired) electrons. The van der Waals surface area contributed by atoms with Crippen LogP contribution in [0, 0.1) is 5.92 Å². The van der Waals surface area contributed by atoms with Gasteiger partial charge in [0.15, 0.2) is 5.60 Å². The molecule has 1 atom stereocenters. The van der Waals surface area contributed by atoms with Crippen LogP contribution in [0.1, 0.15) is 43.2 Å². The summed E-state index contributed by atoms with van der Waals surface area (Å²) in [5.74, 6) is -1.08. The van der Waals surface area contributed by atoms with Gasteiger partial charge >= 0.3 is 6.18 Å². The number of alkyl halides is 5. The first-order valence-corrected chi connectivity index (χ1v) is 6.78. The second-order valence-corrected chi connectivity index (χ2v) is 5.80. The molecule has 0 spiro atoms. The van der Waals surface area contributed by atoms with Gasteiger partial charge in [0.25, 0.3) is 12.3 Å². The monoisotopic (exact) mass is 343 g/mol. The number of rotatable bonds is 6. The largest absolute Gasteiger partial charge is 0.418 e. The summed E-state index contributed by atoms with van der Waals surface area (Å²) in [5, 5.41) is 14.6. The molecule has 0 aromatic carbocycles. The fourth-order valence-corrected chi connectivity index (χ4v) is 1.69. The van der Waals surface area contributed by atoms with Gasteiger partial charge in [-0.1, -0.05) is 13.8 Å². The van der Waals surface area contributed by atoms with Crippen molar-refractivity contribution in [1.29, 1.82) is 0 Å². The quantitative estimate of drug-likeness (QED) is 0.780. The Morgan fingerprint density at radius 2 is 1.96 bits per heavy atom. The van der Waals surface area contributed by atoms with E-state index in [9.17, 15) is 31.9 Å². The third kappa shape index (κ3) is 4.88. The summed E-state index contributed by atoms with van der Waals surface area (Å²) in [6.07, 6.45) is -6.96. The number of halogens is 5. The zero-order valence-corrected chi connectivity index (χ0v) is 12.8. The predicted molar refractivity (Wildman–Crippen MR) is 71.0 cm³/mol. The second kappa shape index (κ2) is 6.81. The molecule has 1 aromatic rings. The third-order valence-electron chi connectivity index (χ3n) is 3.00. The molecule has 0 fully saturated rings. The molecule has 23 heavy (non-hydrogen) atoms. The van der Waals surface area contributed by atoms with E-state index in [4.69, 9.17) is 0 Å². The van der Waals surface area contributed by atoms with Crippen molar-refractivity contribution in [2.45, 2.75) is 45.5 Å². The normalized spacial score (nSPS) is 15.1. The maximum atomic E-state index is 12.9. The van der Waals surface area contributed by atoms with Crippen LogP contribution >= 0.6 is 0 Å². The number of nitrogens with zero attached hydrogens (tertiary/aromatic N) is 2. The minimum atomic E-state index is -4.96. The summed E-state index contributed by atoms with van der Waals surface area (Å²) >= 11 is 0. The van der Waals surface area contributed by atoms with Crippen molar-refractivity contribution >= 4 is 5.91 Å². The molecular weight excluding hydrogens is 325 g/mol. The molecule has 5 nitrogen and oxygen atoms in total. The maximum absolute atomic E-state index is 12.9. The average Bonchev–Trinajstić information content (AvgIpc) is 2.77. The van der Waals surface area contributed by atoms with E-state index in [0.717, 1.165) is 10.9 Å². The SMILES string of the molecule is CC(C)Cn1cc(C(=O)NCC(C)(O)C(F)(F)F)c(C(F)F)n1. The molecule has 1 aromatic heterocycles. The summed E-state index contributed by atoms with van der Waals surface area (Å²) in [7, 11) is 0. The summed E-state index contributed by atoms with van der Waals surface area (Å²) in [5.41, 5.74) is -4.49. The van der Waals surface area contributed by atoms with Gasteiger partial charge in [-0.3, -0.25) is 9.48 Å². The molecule has 132 valence electrons. The lowest BCUT2D eigenvalue weighted by Gasteiger charge is -2.26. The van der Waals surface area contributed by atoms with Gasteiger partial charge < -0.3 is 10.4 Å². The van der Waals surface area contributed by atoms with Crippen molar-refractivity contribution < 1.29 is 31.9 Å². The van der Waals surface area contributed by atoms with Gasteiger partial charge in [0.05, 0.1) is 12.1 Å². The number of hydrogen-bond donors (Lipinski definition) is 2. The molecule has 0 bridgehead atoms. The standard InChI is InChI=1S/C13H18F5N3O2/c1-7(2)4-21-5-8(9(20-21)10(14)15)11(22)19-6-12(3,23)13(16,17)18/h5,7,10,23H,4,6H2,1-3H3,(H,19,22). The van der Waals surface area contributed by atoms with E-state index < -0.39 is 41.9 Å². The highest BCUT2D eigenvalue weighted by atomic mass is 19.4. The minimum absolute atomic E-state index is 0.0716. The molecule has 1 amide bonds. The molecule has 1 heterocycles. The van der Waals surface area contributed by atoms with Gasteiger partial charge in [-0.05, 0) is 12.8 Å². The Bertz CT molecular complexity index is 552. The van der Waals surface area contributed by atoms with Crippen LogP contribution in [0.2, 0.25) is 0 Å². The van der Waals surface area contributed by atoms with E-state index >= 15 is 0 Å². The molecule has 0 saturated carbocycles. The molecule has 0 aliphatic heterocycles. The number of carbonyl (C=O) groups excluding carboxylic acids is 1. The highest BCUT2D eigenvalue weighted by Crippen LogP contribution is 2.29. The van der Waals surface area contributed by atoms with Crippen molar-refractivity contribution in [2.24, 2.45) is 5.92 Å². The smallest absolute Gasteiger partial charge is 0.379 e. The molecule has 0 saturated heterocycles. The van der Waals surface area contributed by atoms with E-state index in [0.29, 0.717) is 6.92 Å². The lowest BCUT2D eigenvalue weighted by molar-refractivity contribution is -0.249. The maximum Gasteiger partial charge on any atom is 0.418 e. The number of carbonyl (C=O) groups is 1. The molecule has 1 unspecified atom stereocenters. The van der Waals surface area contributed by atoms with Gasteiger partial charge in [0.2, 0.25) is 0 Å². The number of aromatic nitrogens is 2. The topological polar surface area (TPSA) is 67.2 Å². The number of aliphatic hydroxyl groups is 1. The molecular formula is C13H18F5N3O2. The van der Waals surface area contributed by atoms with Crippen LogP contribution in [0.25, 0.3) is 0 Å². The zero-order valence-electron chi connectivity index (χ0n) is 12.8. The summed E-state index contributed by atoms with van der Waals surface area (Å²) in [6, 6.07) is 0. The molecule has 10 heteroatoms. The fraction of sp³-hybridized carbons (Fsp3) is 0.692. The molecule has 0 aliphatic rings. The van der Waals surface area contributed by atoms with Crippen molar-refractivity contribution in [3.63, 3.8) is 0 Å². The first kappa shape index (κ1) is 19.3. The number of hydrogen-bond acceptors (Lipinski definition) is 3. The zero-order chi connectivity index (χ0) is 18.0. The first-order valence-electron chi connectivity index (χ1n) is 6.78. The van der Waals surface area contributed by atoms with E-state index in [1.165, 1.54) is 0 Å². The van der Waals surface area contributed by atoms with E-state index in [2.05, 4.69) is 5.10 Å². The van der Waals surface area contributed by atoms with Crippen molar-refractivity contribution in [1.82, 2.24) is 15.1 Å². The number of amides is 1. The lowest BCUT2D eigenvalue weighted by atomic mass is 10.1. The van der Waals surface area contributed by atoms with Gasteiger partial charge in [-0.15, -0.1) is 0 Å². The van der Waals surface area contributed by atoms with Crippen LogP contribution in [-0.2, 0) is 6.54 Å². The number of nitrogens with one attached hydrogen (secondary N) is 1. The predicted octanol–water partition coefficient (Wildman–Crippen LogP) is 2.52. The molecule has 2 N–H and O–H groups in total. The first-order chi connectivity index (χ1) is 10.3. The van der Waals surface area contributed by atoms with Crippen LogP contribution in [0.15, 0.2) is 6.20 Å². The van der Waals surface area contributed by atoms with Crippen molar-refractivity contribution in [2.75, 3.05) is 6.54 Å². The van der Waals surface area contributed by atoms with Crippen molar-refractivity contribution in [3.05, 3.63) is 17.5 Å². The molecule has 1 rings (SSSR count). The van der Waals surface area contributed by atoms with Crippen LogP contribution in [-0.4, -0.2) is 39.1 Å². The average molecular weight is 343 g/mol. The fourth-order valence-electron chi connectivity index (χ4n) is 1.69. The van der Waals surface area contributed by atoms with E-state index in [-0.39, 0.29) is 12.5 Å². The second-order valence-electron chi connectivity index (χ2n) is 5.80. The Hall–Kier alpha value is -1.71. The van der Waals surface area contributed by atoms with Crippen LogP contribution in [0.3, 0.4) is 0 Å². The summed E-state index contributed by atoms with van der Waals surface area (Å²) < 4.78 is 64.5.